The lowest BCUT2D eigenvalue weighted by molar-refractivity contribution is 0.0988. The smallest absolute Gasteiger partial charge is 0.162 e. The van der Waals surface area contributed by atoms with Crippen molar-refractivity contribution in [3.05, 3.63) is 28.2 Å². The van der Waals surface area contributed by atoms with Gasteiger partial charge in [-0.2, -0.15) is 0 Å². The molecule has 0 aliphatic carbocycles. The van der Waals surface area contributed by atoms with Crippen molar-refractivity contribution in [1.29, 1.82) is 0 Å². The van der Waals surface area contributed by atoms with Crippen LogP contribution in [0, 0.1) is 0 Å². The van der Waals surface area contributed by atoms with Crippen molar-refractivity contribution in [3.63, 3.8) is 0 Å². The molecule has 0 radical (unpaired) electrons. The standard InChI is InChI=1S/C9H9BrO2/c1-2-8(11)6-3-4-7(10)9(12)5-6/h3-5,12H,2H2,1H3. The summed E-state index contributed by atoms with van der Waals surface area (Å²) in [5.41, 5.74) is 0.554. The molecule has 1 N–H and O–H groups in total. The van der Waals surface area contributed by atoms with E-state index in [1.807, 2.05) is 0 Å². The number of Topliss-reactive ketones (excluding diaryl/α,β-unsaturated/α-hetero) is 1. The highest BCUT2D eigenvalue weighted by atomic mass is 79.9. The number of ketones is 1. The lowest BCUT2D eigenvalue weighted by Gasteiger charge is -2.00. The second kappa shape index (κ2) is 3.72. The molecule has 1 aromatic rings. The lowest BCUT2D eigenvalue weighted by Crippen LogP contribution is -1.95. The quantitative estimate of drug-likeness (QED) is 0.791. The summed E-state index contributed by atoms with van der Waals surface area (Å²) in [6, 6.07) is 4.82. The van der Waals surface area contributed by atoms with Crippen LogP contribution in [0.3, 0.4) is 0 Å². The SMILES string of the molecule is CCC(=O)c1ccc(Br)c(O)c1. The largest absolute Gasteiger partial charge is 0.507 e. The Hall–Kier alpha value is -0.830. The van der Waals surface area contributed by atoms with E-state index in [1.165, 1.54) is 6.07 Å². The molecule has 12 heavy (non-hydrogen) atoms. The van der Waals surface area contributed by atoms with Crippen LogP contribution in [0.1, 0.15) is 23.7 Å². The van der Waals surface area contributed by atoms with Crippen LogP contribution in [0.15, 0.2) is 22.7 Å². The van der Waals surface area contributed by atoms with Gasteiger partial charge in [0.2, 0.25) is 0 Å². The molecule has 2 nitrogen and oxygen atoms in total. The molecule has 0 fully saturated rings. The van der Waals surface area contributed by atoms with Crippen LogP contribution in [0.2, 0.25) is 0 Å². The van der Waals surface area contributed by atoms with E-state index in [0.29, 0.717) is 16.5 Å². The van der Waals surface area contributed by atoms with Crippen LogP contribution >= 0.6 is 15.9 Å². The van der Waals surface area contributed by atoms with Gasteiger partial charge < -0.3 is 5.11 Å². The predicted molar refractivity (Wildman–Crippen MR) is 50.4 cm³/mol. The Morgan fingerprint density at radius 2 is 2.25 bits per heavy atom. The lowest BCUT2D eigenvalue weighted by atomic mass is 10.1. The van der Waals surface area contributed by atoms with Crippen molar-refractivity contribution in [2.75, 3.05) is 0 Å². The molecule has 0 bridgehead atoms. The van der Waals surface area contributed by atoms with Crippen molar-refractivity contribution in [1.82, 2.24) is 0 Å². The first kappa shape index (κ1) is 9.26. The number of rotatable bonds is 2. The van der Waals surface area contributed by atoms with E-state index < -0.39 is 0 Å². The number of hydrogen-bond acceptors (Lipinski definition) is 2. The number of hydrogen-bond donors (Lipinski definition) is 1. The van der Waals surface area contributed by atoms with Crippen molar-refractivity contribution in [2.45, 2.75) is 13.3 Å². The van der Waals surface area contributed by atoms with Crippen LogP contribution < -0.4 is 0 Å². The zero-order valence-electron chi connectivity index (χ0n) is 6.67. The van der Waals surface area contributed by atoms with Gasteiger partial charge in [-0.3, -0.25) is 4.79 Å². The van der Waals surface area contributed by atoms with Crippen LogP contribution in [-0.4, -0.2) is 10.9 Å². The van der Waals surface area contributed by atoms with Crippen molar-refractivity contribution in [2.24, 2.45) is 0 Å². The second-order valence-electron chi connectivity index (χ2n) is 2.44. The van der Waals surface area contributed by atoms with E-state index in [4.69, 9.17) is 0 Å². The summed E-state index contributed by atoms with van der Waals surface area (Å²) in [7, 11) is 0. The predicted octanol–water partition coefficient (Wildman–Crippen LogP) is 2.75. The first-order chi connectivity index (χ1) is 5.65. The molecule has 0 spiro atoms. The summed E-state index contributed by atoms with van der Waals surface area (Å²) >= 11 is 3.14. The average molecular weight is 229 g/mol. The van der Waals surface area contributed by atoms with Crippen LogP contribution in [0.5, 0.6) is 5.75 Å². The molecule has 3 heteroatoms. The second-order valence-corrected chi connectivity index (χ2v) is 3.30. The Morgan fingerprint density at radius 3 is 2.75 bits per heavy atom. The maximum Gasteiger partial charge on any atom is 0.162 e. The molecule has 64 valence electrons. The summed E-state index contributed by atoms with van der Waals surface area (Å²) in [5, 5.41) is 9.25. The van der Waals surface area contributed by atoms with Crippen LogP contribution in [0.4, 0.5) is 0 Å². The monoisotopic (exact) mass is 228 g/mol. The molecule has 0 unspecified atom stereocenters. The van der Waals surface area contributed by atoms with Gasteiger partial charge >= 0.3 is 0 Å². The third-order valence-corrected chi connectivity index (χ3v) is 2.26. The van der Waals surface area contributed by atoms with E-state index in [-0.39, 0.29) is 11.5 Å². The van der Waals surface area contributed by atoms with Gasteiger partial charge in [-0.1, -0.05) is 13.0 Å². The summed E-state index contributed by atoms with van der Waals surface area (Å²) in [6.45, 7) is 1.79. The van der Waals surface area contributed by atoms with Gasteiger partial charge in [-0.15, -0.1) is 0 Å². The number of phenols is 1. The molecule has 0 aromatic heterocycles. The van der Waals surface area contributed by atoms with Gasteiger partial charge in [0.05, 0.1) is 4.47 Å². The zero-order chi connectivity index (χ0) is 9.14. The Balaban J connectivity index is 3.05. The van der Waals surface area contributed by atoms with Crippen molar-refractivity contribution >= 4 is 21.7 Å². The summed E-state index contributed by atoms with van der Waals surface area (Å²) in [6.07, 6.45) is 0.459. The van der Waals surface area contributed by atoms with Gasteiger partial charge in [-0.25, -0.2) is 0 Å². The third-order valence-electron chi connectivity index (χ3n) is 1.59. The van der Waals surface area contributed by atoms with Crippen molar-refractivity contribution in [3.8, 4) is 5.75 Å². The maximum atomic E-state index is 11.2. The number of phenolic OH excluding ortho intramolecular Hbond substituents is 1. The van der Waals surface area contributed by atoms with Crippen LogP contribution in [0.25, 0.3) is 0 Å². The molecule has 0 atom stereocenters. The molecule has 0 saturated carbocycles. The zero-order valence-corrected chi connectivity index (χ0v) is 8.26. The molecule has 0 aliphatic heterocycles. The Labute approximate surface area is 79.3 Å². The molecular weight excluding hydrogens is 220 g/mol. The van der Waals surface area contributed by atoms with Crippen LogP contribution in [-0.2, 0) is 0 Å². The molecule has 0 amide bonds. The average Bonchev–Trinajstić information content (AvgIpc) is 2.08. The topological polar surface area (TPSA) is 37.3 Å². The summed E-state index contributed by atoms with van der Waals surface area (Å²) < 4.78 is 0.607. The van der Waals surface area contributed by atoms with Gasteiger partial charge in [0.15, 0.2) is 5.78 Å². The highest BCUT2D eigenvalue weighted by Gasteiger charge is 2.05. The number of carbonyl (C=O) groups is 1. The Kier molecular flexibility index (Phi) is 2.87. The van der Waals surface area contributed by atoms with E-state index in [2.05, 4.69) is 15.9 Å². The highest BCUT2D eigenvalue weighted by molar-refractivity contribution is 9.10. The molecule has 0 saturated heterocycles. The van der Waals surface area contributed by atoms with E-state index in [0.717, 1.165) is 0 Å². The minimum Gasteiger partial charge on any atom is -0.507 e. The highest BCUT2D eigenvalue weighted by Crippen LogP contribution is 2.24. The van der Waals surface area contributed by atoms with Gasteiger partial charge in [0.25, 0.3) is 0 Å². The molecule has 1 rings (SSSR count). The summed E-state index contributed by atoms with van der Waals surface area (Å²) in [5.74, 6) is 0.145. The first-order valence-electron chi connectivity index (χ1n) is 3.67. The molecular formula is C9H9BrO2. The summed E-state index contributed by atoms with van der Waals surface area (Å²) in [4.78, 5) is 11.2. The van der Waals surface area contributed by atoms with Crippen molar-refractivity contribution < 1.29 is 9.90 Å². The van der Waals surface area contributed by atoms with Gasteiger partial charge in [0.1, 0.15) is 5.75 Å². The third kappa shape index (κ3) is 1.85. The first-order valence-corrected chi connectivity index (χ1v) is 4.46. The number of aromatic hydroxyl groups is 1. The minimum atomic E-state index is 0.0396. The number of carbonyl (C=O) groups excluding carboxylic acids is 1. The fraction of sp³-hybridized carbons (Fsp3) is 0.222. The Morgan fingerprint density at radius 1 is 1.58 bits per heavy atom. The fourth-order valence-electron chi connectivity index (χ4n) is 0.890. The van der Waals surface area contributed by atoms with Gasteiger partial charge in [-0.05, 0) is 28.1 Å². The van der Waals surface area contributed by atoms with E-state index in [9.17, 15) is 9.90 Å². The Bertz CT molecular complexity index is 307. The molecule has 0 heterocycles. The minimum absolute atomic E-state index is 0.0396. The fourth-order valence-corrected chi connectivity index (χ4v) is 1.14. The number of benzene rings is 1. The molecule has 0 aliphatic rings. The van der Waals surface area contributed by atoms with E-state index in [1.54, 1.807) is 19.1 Å². The van der Waals surface area contributed by atoms with Gasteiger partial charge in [0, 0.05) is 12.0 Å². The van der Waals surface area contributed by atoms with E-state index >= 15 is 0 Å². The number of halogens is 1. The molecule has 1 aromatic carbocycles. The normalized spacial score (nSPS) is 9.83. The maximum absolute atomic E-state index is 11.2.